The SMILES string of the molecule is CNC(=O)Cn1cc(-c2cnc3c(Nc4cc(CN5CCCC(C)C5)ns4)nc(C)cn23)cn1. The third-order valence-electron chi connectivity index (χ3n) is 6.05. The van der Waals surface area contributed by atoms with Gasteiger partial charge in [-0.3, -0.25) is 18.8 Å². The van der Waals surface area contributed by atoms with Gasteiger partial charge >= 0.3 is 0 Å². The van der Waals surface area contributed by atoms with E-state index in [0.29, 0.717) is 5.82 Å². The summed E-state index contributed by atoms with van der Waals surface area (Å²) >= 11 is 1.45. The summed E-state index contributed by atoms with van der Waals surface area (Å²) in [6, 6.07) is 2.11. The van der Waals surface area contributed by atoms with Crippen LogP contribution in [0.3, 0.4) is 0 Å². The topological polar surface area (TPSA) is 105 Å². The number of anilines is 2. The predicted octanol–water partition coefficient (Wildman–Crippen LogP) is 3.08. The molecule has 1 amide bonds. The van der Waals surface area contributed by atoms with E-state index in [4.69, 9.17) is 4.98 Å². The van der Waals surface area contributed by atoms with Crippen LogP contribution in [0, 0.1) is 12.8 Å². The molecule has 1 fully saturated rings. The van der Waals surface area contributed by atoms with Crippen molar-refractivity contribution in [2.75, 3.05) is 25.5 Å². The molecule has 1 aliphatic rings. The first-order valence-corrected chi connectivity index (χ1v) is 12.3. The number of imidazole rings is 1. The van der Waals surface area contributed by atoms with Crippen molar-refractivity contribution < 1.29 is 4.79 Å². The number of nitrogens with one attached hydrogen (secondary N) is 2. The van der Waals surface area contributed by atoms with Gasteiger partial charge in [-0.25, -0.2) is 9.97 Å². The van der Waals surface area contributed by atoms with E-state index >= 15 is 0 Å². The van der Waals surface area contributed by atoms with Crippen molar-refractivity contribution in [1.82, 2.24) is 38.7 Å². The standard InChI is InChI=1S/C23H29N9OS/c1-15-5-4-6-30(10-15)13-18-7-21(34-29-18)28-22-23-25-9-19(32(23)11-16(2)27-22)17-8-26-31(12-17)14-20(33)24-3/h7-9,11-12,15H,4-6,10,13-14H2,1-3H3,(H,24,33)(H,27,28). The van der Waals surface area contributed by atoms with Crippen LogP contribution in [0.1, 0.15) is 31.2 Å². The Kier molecular flexibility index (Phi) is 6.29. The number of rotatable bonds is 7. The molecule has 0 saturated carbocycles. The fourth-order valence-electron chi connectivity index (χ4n) is 4.44. The van der Waals surface area contributed by atoms with Gasteiger partial charge in [-0.05, 0) is 49.8 Å². The van der Waals surface area contributed by atoms with Crippen molar-refractivity contribution in [3.05, 3.63) is 42.2 Å². The lowest BCUT2D eigenvalue weighted by atomic mass is 10.0. The minimum atomic E-state index is -0.0990. The van der Waals surface area contributed by atoms with Crippen LogP contribution in [0.25, 0.3) is 16.9 Å². The smallest absolute Gasteiger partial charge is 0.241 e. The van der Waals surface area contributed by atoms with Crippen LogP contribution in [0.4, 0.5) is 10.8 Å². The highest BCUT2D eigenvalue weighted by Crippen LogP contribution is 2.28. The van der Waals surface area contributed by atoms with Gasteiger partial charge in [0, 0.05) is 38.1 Å². The van der Waals surface area contributed by atoms with Crippen LogP contribution < -0.4 is 10.6 Å². The summed E-state index contributed by atoms with van der Waals surface area (Å²) in [5, 5.41) is 11.3. The van der Waals surface area contributed by atoms with E-state index in [-0.39, 0.29) is 12.5 Å². The molecule has 4 aromatic heterocycles. The predicted molar refractivity (Wildman–Crippen MR) is 132 cm³/mol. The Morgan fingerprint density at radius 2 is 2.18 bits per heavy atom. The second-order valence-electron chi connectivity index (χ2n) is 8.96. The summed E-state index contributed by atoms with van der Waals surface area (Å²) in [6.45, 7) is 7.61. The van der Waals surface area contributed by atoms with Crippen molar-refractivity contribution >= 4 is 33.9 Å². The molecule has 34 heavy (non-hydrogen) atoms. The highest BCUT2D eigenvalue weighted by Gasteiger charge is 2.18. The van der Waals surface area contributed by atoms with Crippen molar-refractivity contribution in [2.45, 2.75) is 39.8 Å². The van der Waals surface area contributed by atoms with Crippen LogP contribution in [0.5, 0.6) is 0 Å². The molecule has 4 aromatic rings. The van der Waals surface area contributed by atoms with E-state index in [2.05, 4.69) is 43.0 Å². The molecule has 178 valence electrons. The van der Waals surface area contributed by atoms with Crippen molar-refractivity contribution in [3.8, 4) is 11.3 Å². The summed E-state index contributed by atoms with van der Waals surface area (Å²) in [5.74, 6) is 1.34. The number of fused-ring (bicyclic) bond motifs is 1. The van der Waals surface area contributed by atoms with Gasteiger partial charge in [0.25, 0.3) is 0 Å². The molecule has 1 saturated heterocycles. The average molecular weight is 480 g/mol. The molecule has 0 aliphatic carbocycles. The fraction of sp³-hybridized carbons (Fsp3) is 0.435. The minimum Gasteiger partial charge on any atom is -0.358 e. The number of carbonyl (C=O) groups is 1. The minimum absolute atomic E-state index is 0.0990. The van der Waals surface area contributed by atoms with E-state index < -0.39 is 0 Å². The fourth-order valence-corrected chi connectivity index (χ4v) is 5.09. The molecule has 1 aliphatic heterocycles. The van der Waals surface area contributed by atoms with Gasteiger partial charge in [0.15, 0.2) is 11.5 Å². The highest BCUT2D eigenvalue weighted by molar-refractivity contribution is 7.10. The molecule has 5 rings (SSSR count). The Morgan fingerprint density at radius 3 is 3.00 bits per heavy atom. The third-order valence-corrected chi connectivity index (χ3v) is 6.80. The number of carbonyl (C=O) groups excluding carboxylic acids is 1. The van der Waals surface area contributed by atoms with Crippen LogP contribution >= 0.6 is 11.5 Å². The number of hydrogen-bond donors (Lipinski definition) is 2. The number of hydrogen-bond acceptors (Lipinski definition) is 8. The van der Waals surface area contributed by atoms with E-state index in [1.54, 1.807) is 24.1 Å². The molecule has 10 nitrogen and oxygen atoms in total. The second kappa shape index (κ2) is 9.51. The summed E-state index contributed by atoms with van der Waals surface area (Å²) in [7, 11) is 1.61. The third kappa shape index (κ3) is 4.80. The van der Waals surface area contributed by atoms with E-state index in [9.17, 15) is 4.79 Å². The molecular formula is C23H29N9OS. The number of amides is 1. The summed E-state index contributed by atoms with van der Waals surface area (Å²) in [5.41, 5.74) is 4.43. The molecule has 1 unspecified atom stereocenters. The zero-order valence-electron chi connectivity index (χ0n) is 19.7. The molecule has 0 aromatic carbocycles. The van der Waals surface area contributed by atoms with Crippen LogP contribution in [-0.4, -0.2) is 59.5 Å². The Hall–Kier alpha value is -3.31. The van der Waals surface area contributed by atoms with Gasteiger partial charge in [0.2, 0.25) is 5.91 Å². The first-order chi connectivity index (χ1) is 16.5. The van der Waals surface area contributed by atoms with E-state index in [1.165, 1.54) is 24.4 Å². The molecule has 1 atom stereocenters. The van der Waals surface area contributed by atoms with E-state index in [1.807, 2.05) is 23.7 Å². The van der Waals surface area contributed by atoms with Crippen LogP contribution in [0.15, 0.2) is 30.9 Å². The maximum absolute atomic E-state index is 11.7. The maximum Gasteiger partial charge on any atom is 0.241 e. The zero-order valence-corrected chi connectivity index (χ0v) is 20.5. The van der Waals surface area contributed by atoms with Crippen molar-refractivity contribution in [2.24, 2.45) is 5.92 Å². The Balaban J connectivity index is 1.36. The number of likely N-dealkylation sites (tertiary alicyclic amines) is 1. The highest BCUT2D eigenvalue weighted by atomic mass is 32.1. The van der Waals surface area contributed by atoms with Crippen molar-refractivity contribution in [3.63, 3.8) is 0 Å². The summed E-state index contributed by atoms with van der Waals surface area (Å²) < 4.78 is 8.28. The largest absolute Gasteiger partial charge is 0.358 e. The van der Waals surface area contributed by atoms with Crippen molar-refractivity contribution in [1.29, 1.82) is 0 Å². The van der Waals surface area contributed by atoms with Gasteiger partial charge < -0.3 is 10.6 Å². The number of aryl methyl sites for hydroxylation is 1. The lowest BCUT2D eigenvalue weighted by Crippen LogP contribution is -2.33. The first kappa shape index (κ1) is 22.5. The summed E-state index contributed by atoms with van der Waals surface area (Å²) in [4.78, 5) is 23.5. The molecule has 11 heteroatoms. The zero-order chi connectivity index (χ0) is 23.7. The Morgan fingerprint density at radius 1 is 1.29 bits per heavy atom. The molecule has 0 bridgehead atoms. The Bertz CT molecular complexity index is 1310. The molecule has 2 N–H and O–H groups in total. The first-order valence-electron chi connectivity index (χ1n) is 11.5. The van der Waals surface area contributed by atoms with Gasteiger partial charge in [-0.1, -0.05) is 6.92 Å². The lowest BCUT2D eigenvalue weighted by Gasteiger charge is -2.30. The number of likely N-dealkylation sites (N-methyl/N-ethyl adjacent to an activating group) is 1. The number of aromatic nitrogens is 6. The second-order valence-corrected chi connectivity index (χ2v) is 9.76. The number of nitrogens with zero attached hydrogens (tertiary/aromatic N) is 7. The monoisotopic (exact) mass is 479 g/mol. The Labute approximate surface area is 202 Å². The van der Waals surface area contributed by atoms with Gasteiger partial charge in [-0.2, -0.15) is 9.47 Å². The van der Waals surface area contributed by atoms with E-state index in [0.717, 1.165) is 58.8 Å². The molecule has 0 radical (unpaired) electrons. The average Bonchev–Trinajstić information content (AvgIpc) is 3.54. The lowest BCUT2D eigenvalue weighted by molar-refractivity contribution is -0.121. The molecule has 0 spiro atoms. The van der Waals surface area contributed by atoms with Gasteiger partial charge in [0.05, 0.1) is 29.5 Å². The normalized spacial score (nSPS) is 16.7. The number of piperidine rings is 1. The quantitative estimate of drug-likeness (QED) is 0.420. The van der Waals surface area contributed by atoms with Crippen LogP contribution in [-0.2, 0) is 17.9 Å². The van der Waals surface area contributed by atoms with Crippen LogP contribution in [0.2, 0.25) is 0 Å². The maximum atomic E-state index is 11.7. The summed E-state index contributed by atoms with van der Waals surface area (Å²) in [6.07, 6.45) is 9.92. The van der Waals surface area contributed by atoms with Gasteiger partial charge in [0.1, 0.15) is 11.5 Å². The molecule has 5 heterocycles. The molecular weight excluding hydrogens is 450 g/mol. The van der Waals surface area contributed by atoms with Gasteiger partial charge in [-0.15, -0.1) is 0 Å².